The maximum absolute atomic E-state index is 13.7. The van der Waals surface area contributed by atoms with Gasteiger partial charge in [-0.15, -0.1) is 0 Å². The number of sulfonamides is 1. The molecule has 20 heavy (non-hydrogen) atoms. The molecule has 1 aromatic carbocycles. The summed E-state index contributed by atoms with van der Waals surface area (Å²) in [7, 11) is -4.02. The first-order chi connectivity index (χ1) is 9.23. The summed E-state index contributed by atoms with van der Waals surface area (Å²) in [5.74, 6) is -2.41. The number of benzene rings is 1. The van der Waals surface area contributed by atoms with Gasteiger partial charge in [0.1, 0.15) is 10.7 Å². The molecule has 0 aliphatic carbocycles. The summed E-state index contributed by atoms with van der Waals surface area (Å²) in [5, 5.41) is 8.71. The van der Waals surface area contributed by atoms with Gasteiger partial charge < -0.3 is 9.84 Å². The van der Waals surface area contributed by atoms with Crippen LogP contribution in [0.4, 0.5) is 4.39 Å². The van der Waals surface area contributed by atoms with Gasteiger partial charge in [0.05, 0.1) is 18.8 Å². The Balaban J connectivity index is 2.18. The molecule has 1 fully saturated rings. The van der Waals surface area contributed by atoms with Gasteiger partial charge in [0, 0.05) is 12.0 Å². The van der Waals surface area contributed by atoms with Crippen molar-refractivity contribution < 1.29 is 27.4 Å². The number of carboxylic acids is 1. The van der Waals surface area contributed by atoms with E-state index in [1.165, 1.54) is 0 Å². The van der Waals surface area contributed by atoms with Gasteiger partial charge in [-0.2, -0.15) is 0 Å². The minimum atomic E-state index is -4.02. The molecule has 0 atom stereocenters. The Kier molecular flexibility index (Phi) is 3.81. The molecule has 0 bridgehead atoms. The lowest BCUT2D eigenvalue weighted by Gasteiger charge is -2.37. The second-order valence-corrected chi connectivity index (χ2v) is 6.81. The highest BCUT2D eigenvalue weighted by molar-refractivity contribution is 7.89. The molecule has 0 radical (unpaired) electrons. The van der Waals surface area contributed by atoms with E-state index < -0.39 is 26.7 Å². The molecule has 110 valence electrons. The molecule has 2 rings (SSSR count). The van der Waals surface area contributed by atoms with Gasteiger partial charge in [-0.1, -0.05) is 6.92 Å². The van der Waals surface area contributed by atoms with Crippen LogP contribution in [0, 0.1) is 11.2 Å². The Bertz CT molecular complexity index is 639. The van der Waals surface area contributed by atoms with Crippen LogP contribution in [0.2, 0.25) is 0 Å². The van der Waals surface area contributed by atoms with E-state index in [2.05, 4.69) is 4.72 Å². The molecular weight excluding hydrogens is 289 g/mol. The van der Waals surface area contributed by atoms with Gasteiger partial charge in [-0.25, -0.2) is 22.3 Å². The van der Waals surface area contributed by atoms with Gasteiger partial charge in [-0.05, 0) is 18.2 Å². The van der Waals surface area contributed by atoms with E-state index in [0.29, 0.717) is 19.3 Å². The summed E-state index contributed by atoms with van der Waals surface area (Å²) in [6.45, 7) is 2.87. The first-order valence-electron chi connectivity index (χ1n) is 5.84. The number of ether oxygens (including phenoxy) is 1. The summed E-state index contributed by atoms with van der Waals surface area (Å²) >= 11 is 0. The maximum atomic E-state index is 13.7. The minimum Gasteiger partial charge on any atom is -0.478 e. The van der Waals surface area contributed by atoms with Gasteiger partial charge >= 0.3 is 5.97 Å². The SMILES string of the molecule is CC1(CNS(=O)(=O)c2ccc(C(=O)O)cc2F)COC1. The smallest absolute Gasteiger partial charge is 0.335 e. The molecular formula is C12H14FNO5S. The molecule has 8 heteroatoms. The Hall–Kier alpha value is -1.51. The Morgan fingerprint density at radius 2 is 2.15 bits per heavy atom. The third-order valence-electron chi connectivity index (χ3n) is 3.06. The molecule has 0 aromatic heterocycles. The number of carbonyl (C=O) groups is 1. The lowest BCUT2D eigenvalue weighted by Crippen LogP contribution is -2.48. The number of hydrogen-bond acceptors (Lipinski definition) is 4. The molecule has 6 nitrogen and oxygen atoms in total. The van der Waals surface area contributed by atoms with Crippen LogP contribution in [0.25, 0.3) is 0 Å². The van der Waals surface area contributed by atoms with Gasteiger partial charge in [0.15, 0.2) is 0 Å². The van der Waals surface area contributed by atoms with Crippen molar-refractivity contribution >= 4 is 16.0 Å². The largest absolute Gasteiger partial charge is 0.478 e. The van der Waals surface area contributed by atoms with Crippen molar-refractivity contribution in [2.75, 3.05) is 19.8 Å². The van der Waals surface area contributed by atoms with Crippen molar-refractivity contribution in [3.8, 4) is 0 Å². The number of carboxylic acid groups (broad SMARTS) is 1. The zero-order valence-corrected chi connectivity index (χ0v) is 11.5. The fourth-order valence-corrected chi connectivity index (χ4v) is 3.01. The van der Waals surface area contributed by atoms with Crippen molar-refractivity contribution in [3.63, 3.8) is 0 Å². The predicted octanol–water partition coefficient (Wildman–Crippen LogP) is 0.839. The number of aromatic carboxylic acids is 1. The van der Waals surface area contributed by atoms with Gasteiger partial charge in [-0.3, -0.25) is 0 Å². The average Bonchev–Trinajstić information content (AvgIpc) is 2.33. The molecule has 2 N–H and O–H groups in total. The highest BCUT2D eigenvalue weighted by atomic mass is 32.2. The molecule has 1 aliphatic rings. The molecule has 0 saturated carbocycles. The number of hydrogen-bond donors (Lipinski definition) is 2. The fourth-order valence-electron chi connectivity index (χ4n) is 1.75. The second-order valence-electron chi connectivity index (χ2n) is 5.08. The molecule has 0 spiro atoms. The normalized spacial score (nSPS) is 17.5. The second kappa shape index (κ2) is 5.12. The first kappa shape index (κ1) is 14.9. The molecule has 1 aliphatic heterocycles. The van der Waals surface area contributed by atoms with Crippen LogP contribution in [0.15, 0.2) is 23.1 Å². The van der Waals surface area contributed by atoms with Crippen LogP contribution in [0.5, 0.6) is 0 Å². The zero-order valence-electron chi connectivity index (χ0n) is 10.7. The Morgan fingerprint density at radius 1 is 1.50 bits per heavy atom. The summed E-state index contributed by atoms with van der Waals surface area (Å²) in [6, 6.07) is 2.68. The lowest BCUT2D eigenvalue weighted by molar-refractivity contribution is -0.0965. The Labute approximate surface area is 115 Å². The van der Waals surface area contributed by atoms with Crippen molar-refractivity contribution in [2.24, 2.45) is 5.41 Å². The van der Waals surface area contributed by atoms with E-state index in [9.17, 15) is 17.6 Å². The standard InChI is InChI=1S/C12H14FNO5S/c1-12(6-19-7-12)5-14-20(17,18)10-3-2-8(11(15)16)4-9(10)13/h2-4,14H,5-7H2,1H3,(H,15,16). The summed E-state index contributed by atoms with van der Waals surface area (Å²) in [6.07, 6.45) is 0. The van der Waals surface area contributed by atoms with Gasteiger partial charge in [0.25, 0.3) is 0 Å². The molecule has 1 aromatic rings. The highest BCUT2D eigenvalue weighted by Crippen LogP contribution is 2.26. The summed E-state index contributed by atoms with van der Waals surface area (Å²) in [4.78, 5) is 10.1. The van der Waals surface area contributed by atoms with E-state index >= 15 is 0 Å². The van der Waals surface area contributed by atoms with Crippen molar-refractivity contribution in [1.82, 2.24) is 4.72 Å². The van der Waals surface area contributed by atoms with Crippen molar-refractivity contribution in [2.45, 2.75) is 11.8 Å². The van der Waals surface area contributed by atoms with Crippen LogP contribution in [0.1, 0.15) is 17.3 Å². The summed E-state index contributed by atoms with van der Waals surface area (Å²) in [5.41, 5.74) is -0.592. The van der Waals surface area contributed by atoms with Crippen LogP contribution >= 0.6 is 0 Å². The quantitative estimate of drug-likeness (QED) is 0.841. The number of nitrogens with one attached hydrogen (secondary N) is 1. The molecule has 0 unspecified atom stereocenters. The number of rotatable bonds is 5. The molecule has 1 saturated heterocycles. The predicted molar refractivity (Wildman–Crippen MR) is 67.5 cm³/mol. The zero-order chi connectivity index (χ0) is 15.0. The fraction of sp³-hybridized carbons (Fsp3) is 0.417. The lowest BCUT2D eigenvalue weighted by atomic mass is 9.89. The monoisotopic (exact) mass is 303 g/mol. The topological polar surface area (TPSA) is 92.7 Å². The van der Waals surface area contributed by atoms with Crippen molar-refractivity contribution in [3.05, 3.63) is 29.6 Å². The van der Waals surface area contributed by atoms with E-state index in [1.807, 2.05) is 6.92 Å². The van der Waals surface area contributed by atoms with Crippen molar-refractivity contribution in [1.29, 1.82) is 0 Å². The van der Waals surface area contributed by atoms with E-state index in [4.69, 9.17) is 9.84 Å². The van der Waals surface area contributed by atoms with Crippen LogP contribution in [-0.4, -0.2) is 39.3 Å². The number of halogens is 1. The molecule has 0 amide bonds. The highest BCUT2D eigenvalue weighted by Gasteiger charge is 2.35. The van der Waals surface area contributed by atoms with E-state index in [-0.39, 0.29) is 17.5 Å². The molecule has 1 heterocycles. The van der Waals surface area contributed by atoms with Gasteiger partial charge in [0.2, 0.25) is 10.0 Å². The maximum Gasteiger partial charge on any atom is 0.335 e. The third kappa shape index (κ3) is 2.97. The third-order valence-corrected chi connectivity index (χ3v) is 4.49. The average molecular weight is 303 g/mol. The Morgan fingerprint density at radius 3 is 2.60 bits per heavy atom. The van der Waals surface area contributed by atoms with Crippen LogP contribution in [-0.2, 0) is 14.8 Å². The summed E-state index contributed by atoms with van der Waals surface area (Å²) < 4.78 is 45.0. The van der Waals surface area contributed by atoms with Crippen LogP contribution < -0.4 is 4.72 Å². The van der Waals surface area contributed by atoms with E-state index in [1.54, 1.807) is 0 Å². The van der Waals surface area contributed by atoms with Crippen LogP contribution in [0.3, 0.4) is 0 Å². The van der Waals surface area contributed by atoms with E-state index in [0.717, 1.165) is 12.1 Å². The first-order valence-corrected chi connectivity index (χ1v) is 7.32. The minimum absolute atomic E-state index is 0.134.